The summed E-state index contributed by atoms with van der Waals surface area (Å²) in [5.74, 6) is 1.30. The molecule has 2 aliphatic heterocycles. The highest BCUT2D eigenvalue weighted by atomic mass is 16.5. The number of carbonyl (C=O) groups excluding carboxylic acids is 2. The third-order valence-corrected chi connectivity index (χ3v) is 6.32. The zero-order valence-electron chi connectivity index (χ0n) is 19.7. The summed E-state index contributed by atoms with van der Waals surface area (Å²) < 4.78 is 5.42. The number of aromatic amines is 1. The van der Waals surface area contributed by atoms with E-state index in [1.54, 1.807) is 4.90 Å². The van der Waals surface area contributed by atoms with Crippen LogP contribution in [-0.2, 0) is 16.0 Å². The van der Waals surface area contributed by atoms with Crippen molar-refractivity contribution < 1.29 is 14.3 Å². The molecule has 182 valence electrons. The lowest BCUT2D eigenvalue weighted by atomic mass is 10.2. The van der Waals surface area contributed by atoms with Crippen LogP contribution in [0.3, 0.4) is 0 Å². The van der Waals surface area contributed by atoms with Gasteiger partial charge in [0.2, 0.25) is 11.8 Å². The van der Waals surface area contributed by atoms with Crippen molar-refractivity contribution in [3.63, 3.8) is 0 Å². The fourth-order valence-electron chi connectivity index (χ4n) is 4.33. The van der Waals surface area contributed by atoms with E-state index in [1.165, 1.54) is 0 Å². The lowest BCUT2D eigenvalue weighted by molar-refractivity contribution is -0.134. The van der Waals surface area contributed by atoms with Crippen LogP contribution < -0.4 is 10.3 Å². The molecule has 2 aliphatic rings. The number of nitrogens with zero attached hydrogens (tertiary/aromatic N) is 5. The number of hydrogen-bond donors (Lipinski definition) is 1. The van der Waals surface area contributed by atoms with Gasteiger partial charge in [-0.2, -0.15) is 0 Å². The standard InChI is InChI=1S/C24H32N6O4/c1-2-34-19-7-5-18(6-8-19)23-25-24(33)20(26-27-23)9-10-21(31)30-15-13-28(14-16-30)17-22(32)29-11-3-4-12-29/h5-8H,2-4,9-17H2,1H3,(H,25,27,33). The van der Waals surface area contributed by atoms with Crippen LogP contribution in [0.1, 0.15) is 31.9 Å². The molecule has 4 rings (SSSR count). The van der Waals surface area contributed by atoms with E-state index >= 15 is 0 Å². The van der Waals surface area contributed by atoms with Gasteiger partial charge in [-0.15, -0.1) is 10.2 Å². The van der Waals surface area contributed by atoms with Crippen molar-refractivity contribution in [2.24, 2.45) is 0 Å². The van der Waals surface area contributed by atoms with Crippen LogP contribution in [0.5, 0.6) is 5.75 Å². The van der Waals surface area contributed by atoms with Crippen LogP contribution >= 0.6 is 0 Å². The lowest BCUT2D eigenvalue weighted by Gasteiger charge is -2.35. The molecule has 0 spiro atoms. The smallest absolute Gasteiger partial charge is 0.273 e. The quantitative estimate of drug-likeness (QED) is 0.613. The molecule has 1 aromatic carbocycles. The number of aryl methyl sites for hydroxylation is 1. The highest BCUT2D eigenvalue weighted by molar-refractivity contribution is 5.79. The van der Waals surface area contributed by atoms with Crippen LogP contribution in [0.2, 0.25) is 0 Å². The second-order valence-corrected chi connectivity index (χ2v) is 8.65. The molecule has 1 aromatic heterocycles. The Bertz CT molecular complexity index is 1040. The second-order valence-electron chi connectivity index (χ2n) is 8.65. The van der Waals surface area contributed by atoms with Gasteiger partial charge in [0.25, 0.3) is 5.56 Å². The normalized spacial score (nSPS) is 16.6. The van der Waals surface area contributed by atoms with Gasteiger partial charge in [-0.1, -0.05) is 0 Å². The van der Waals surface area contributed by atoms with Crippen molar-refractivity contribution in [2.75, 3.05) is 52.4 Å². The van der Waals surface area contributed by atoms with Crippen LogP contribution in [0.4, 0.5) is 0 Å². The van der Waals surface area contributed by atoms with Gasteiger partial charge in [0.05, 0.1) is 13.2 Å². The summed E-state index contributed by atoms with van der Waals surface area (Å²) in [5.41, 5.74) is 0.645. The highest BCUT2D eigenvalue weighted by Gasteiger charge is 2.25. The zero-order chi connectivity index (χ0) is 23.9. The van der Waals surface area contributed by atoms with Crippen molar-refractivity contribution in [3.8, 4) is 17.1 Å². The average molecular weight is 469 g/mol. The summed E-state index contributed by atoms with van der Waals surface area (Å²) in [5, 5.41) is 8.20. The van der Waals surface area contributed by atoms with Gasteiger partial charge in [0.15, 0.2) is 5.82 Å². The first-order chi connectivity index (χ1) is 16.5. The Balaban J connectivity index is 1.24. The number of aromatic nitrogens is 3. The highest BCUT2D eigenvalue weighted by Crippen LogP contribution is 2.18. The van der Waals surface area contributed by atoms with E-state index in [4.69, 9.17) is 4.74 Å². The van der Waals surface area contributed by atoms with Gasteiger partial charge in [-0.3, -0.25) is 19.3 Å². The Labute approximate surface area is 198 Å². The van der Waals surface area contributed by atoms with Crippen molar-refractivity contribution in [1.29, 1.82) is 0 Å². The third kappa shape index (κ3) is 5.99. The van der Waals surface area contributed by atoms with Gasteiger partial charge >= 0.3 is 0 Å². The zero-order valence-corrected chi connectivity index (χ0v) is 19.7. The number of piperazine rings is 1. The number of ether oxygens (including phenoxy) is 1. The van der Waals surface area contributed by atoms with E-state index in [2.05, 4.69) is 20.1 Å². The summed E-state index contributed by atoms with van der Waals surface area (Å²) >= 11 is 0. The molecule has 10 nitrogen and oxygen atoms in total. The molecule has 0 radical (unpaired) electrons. The summed E-state index contributed by atoms with van der Waals surface area (Å²) in [6, 6.07) is 7.25. The Kier molecular flexibility index (Phi) is 7.89. The number of rotatable bonds is 8. The minimum atomic E-state index is -0.336. The van der Waals surface area contributed by atoms with Crippen LogP contribution in [0, 0.1) is 0 Å². The Morgan fingerprint density at radius 2 is 1.62 bits per heavy atom. The Morgan fingerprint density at radius 3 is 2.26 bits per heavy atom. The molecule has 3 heterocycles. The predicted octanol–water partition coefficient (Wildman–Crippen LogP) is 0.930. The largest absolute Gasteiger partial charge is 0.494 e. The van der Waals surface area contributed by atoms with Gasteiger partial charge < -0.3 is 19.5 Å². The summed E-state index contributed by atoms with van der Waals surface area (Å²) in [6.07, 6.45) is 2.61. The van der Waals surface area contributed by atoms with Gasteiger partial charge in [-0.05, 0) is 44.0 Å². The van der Waals surface area contributed by atoms with Crippen LogP contribution in [-0.4, -0.2) is 94.1 Å². The van der Waals surface area contributed by atoms with E-state index in [9.17, 15) is 14.4 Å². The molecule has 0 unspecified atom stereocenters. The molecule has 34 heavy (non-hydrogen) atoms. The third-order valence-electron chi connectivity index (χ3n) is 6.32. The first-order valence-corrected chi connectivity index (χ1v) is 12.0. The van der Waals surface area contributed by atoms with Crippen molar-refractivity contribution in [1.82, 2.24) is 29.9 Å². The maximum absolute atomic E-state index is 12.7. The van der Waals surface area contributed by atoms with E-state index in [0.29, 0.717) is 45.2 Å². The monoisotopic (exact) mass is 468 g/mol. The number of nitrogens with one attached hydrogen (secondary N) is 1. The fraction of sp³-hybridized carbons (Fsp3) is 0.542. The number of carbonyl (C=O) groups is 2. The minimum absolute atomic E-state index is 0.0118. The van der Waals surface area contributed by atoms with Crippen LogP contribution in [0.25, 0.3) is 11.4 Å². The van der Waals surface area contributed by atoms with Crippen molar-refractivity contribution in [2.45, 2.75) is 32.6 Å². The Morgan fingerprint density at radius 1 is 0.941 bits per heavy atom. The minimum Gasteiger partial charge on any atom is -0.494 e. The Hall–Kier alpha value is -3.27. The molecule has 2 amide bonds. The SMILES string of the molecule is CCOc1ccc(-c2nnc(CCC(=O)N3CCN(CC(=O)N4CCCC4)CC3)c(=O)[nH]2)cc1. The number of likely N-dealkylation sites (tertiary alicyclic amines) is 1. The average Bonchev–Trinajstić information content (AvgIpc) is 3.40. The molecule has 0 saturated carbocycles. The predicted molar refractivity (Wildman–Crippen MR) is 126 cm³/mol. The number of H-pyrrole nitrogens is 1. The van der Waals surface area contributed by atoms with E-state index in [-0.39, 0.29) is 35.9 Å². The molecular formula is C24H32N6O4. The van der Waals surface area contributed by atoms with Crippen LogP contribution in [0.15, 0.2) is 29.1 Å². The second kappa shape index (κ2) is 11.2. The molecule has 2 saturated heterocycles. The summed E-state index contributed by atoms with van der Waals surface area (Å²) in [7, 11) is 0. The van der Waals surface area contributed by atoms with Gasteiger partial charge in [0, 0.05) is 57.7 Å². The first-order valence-electron chi connectivity index (χ1n) is 12.0. The molecular weight excluding hydrogens is 436 g/mol. The molecule has 2 aromatic rings. The number of hydrogen-bond acceptors (Lipinski definition) is 7. The maximum atomic E-state index is 12.7. The van der Waals surface area contributed by atoms with Gasteiger partial charge in [-0.25, -0.2) is 0 Å². The number of amides is 2. The lowest BCUT2D eigenvalue weighted by Crippen LogP contribution is -2.51. The first kappa shape index (κ1) is 23.9. The van der Waals surface area contributed by atoms with E-state index < -0.39 is 0 Å². The van der Waals surface area contributed by atoms with E-state index in [0.717, 1.165) is 37.2 Å². The molecule has 0 aliphatic carbocycles. The molecule has 1 N–H and O–H groups in total. The molecule has 2 fully saturated rings. The molecule has 0 atom stereocenters. The summed E-state index contributed by atoms with van der Waals surface area (Å²) in [4.78, 5) is 46.1. The number of benzene rings is 1. The van der Waals surface area contributed by atoms with Crippen molar-refractivity contribution >= 4 is 11.8 Å². The maximum Gasteiger partial charge on any atom is 0.273 e. The molecule has 0 bridgehead atoms. The topological polar surface area (TPSA) is 112 Å². The molecule has 10 heteroatoms. The van der Waals surface area contributed by atoms with E-state index in [1.807, 2.05) is 36.1 Å². The fourth-order valence-corrected chi connectivity index (χ4v) is 4.33. The summed E-state index contributed by atoms with van der Waals surface area (Å²) in [6.45, 7) is 7.19. The van der Waals surface area contributed by atoms with Crippen molar-refractivity contribution in [3.05, 3.63) is 40.3 Å². The van der Waals surface area contributed by atoms with Gasteiger partial charge in [0.1, 0.15) is 11.4 Å².